The van der Waals surface area contributed by atoms with Gasteiger partial charge in [-0.2, -0.15) is 0 Å². The van der Waals surface area contributed by atoms with Crippen LogP contribution in [0.3, 0.4) is 0 Å². The molecule has 1 aromatic heterocycles. The van der Waals surface area contributed by atoms with Crippen LogP contribution in [0.4, 0.5) is 0 Å². The van der Waals surface area contributed by atoms with Crippen molar-refractivity contribution in [2.24, 2.45) is 0 Å². The predicted molar refractivity (Wildman–Crippen MR) is 123 cm³/mol. The minimum atomic E-state index is -0.553. The summed E-state index contributed by atoms with van der Waals surface area (Å²) >= 11 is 0. The number of ether oxygens (including phenoxy) is 1. The van der Waals surface area contributed by atoms with E-state index in [0.717, 1.165) is 47.5 Å². The molecule has 0 spiro atoms. The van der Waals surface area contributed by atoms with Crippen LogP contribution in [0.5, 0.6) is 5.75 Å². The fourth-order valence-electron chi connectivity index (χ4n) is 3.56. The smallest absolute Gasteiger partial charge is 0.135 e. The lowest BCUT2D eigenvalue weighted by atomic mass is 10.2. The zero-order valence-electron chi connectivity index (χ0n) is 18.1. The highest BCUT2D eigenvalue weighted by atomic mass is 16.6. The van der Waals surface area contributed by atoms with Crippen LogP contribution in [0.1, 0.15) is 16.7 Å². The van der Waals surface area contributed by atoms with E-state index in [0.29, 0.717) is 6.54 Å². The third-order valence-electron chi connectivity index (χ3n) is 5.16. The summed E-state index contributed by atoms with van der Waals surface area (Å²) in [4.78, 5) is 2.09. The molecule has 1 unspecified atom stereocenters. The van der Waals surface area contributed by atoms with E-state index in [2.05, 4.69) is 32.7 Å². The SMILES string of the molecule is CN(Cc1ccccc1)CC(O)COc1ccc(CNCc2ccc3nonc3c2)cc1. The van der Waals surface area contributed by atoms with Crippen molar-refractivity contribution in [2.75, 3.05) is 20.2 Å². The van der Waals surface area contributed by atoms with E-state index in [4.69, 9.17) is 9.37 Å². The predicted octanol–water partition coefficient (Wildman–Crippen LogP) is 3.38. The summed E-state index contributed by atoms with van der Waals surface area (Å²) in [6, 6.07) is 24.0. The molecule has 0 radical (unpaired) electrons. The van der Waals surface area contributed by atoms with Gasteiger partial charge in [0.1, 0.15) is 29.5 Å². The fourth-order valence-corrected chi connectivity index (χ4v) is 3.56. The van der Waals surface area contributed by atoms with Crippen molar-refractivity contribution in [3.63, 3.8) is 0 Å². The average Bonchev–Trinajstić information content (AvgIpc) is 3.27. The Morgan fingerprint density at radius 3 is 2.44 bits per heavy atom. The van der Waals surface area contributed by atoms with Gasteiger partial charge in [0.25, 0.3) is 0 Å². The number of rotatable bonds is 11. The van der Waals surface area contributed by atoms with Gasteiger partial charge in [0.05, 0.1) is 0 Å². The Bertz CT molecular complexity index is 1100. The molecule has 3 aromatic carbocycles. The largest absolute Gasteiger partial charge is 0.491 e. The number of hydrogen-bond donors (Lipinski definition) is 2. The van der Waals surface area contributed by atoms with Crippen LogP contribution in [0.2, 0.25) is 0 Å². The monoisotopic (exact) mass is 432 g/mol. The number of fused-ring (bicyclic) bond motifs is 1. The molecule has 0 fully saturated rings. The Morgan fingerprint density at radius 2 is 1.62 bits per heavy atom. The number of hydrogen-bond acceptors (Lipinski definition) is 7. The standard InChI is InChI=1S/C25H28N4O3/c1-29(16-20-5-3-2-4-6-20)17-22(30)18-31-23-10-7-19(8-11-23)14-26-15-21-9-12-24-25(13-21)28-32-27-24/h2-13,22,26,30H,14-18H2,1H3. The average molecular weight is 433 g/mol. The highest BCUT2D eigenvalue weighted by molar-refractivity contribution is 5.73. The van der Waals surface area contributed by atoms with E-state index >= 15 is 0 Å². The van der Waals surface area contributed by atoms with Gasteiger partial charge < -0.3 is 15.2 Å². The first kappa shape index (κ1) is 22.0. The Labute approximate surface area is 187 Å². The number of aliphatic hydroxyl groups excluding tert-OH is 1. The van der Waals surface area contributed by atoms with Crippen molar-refractivity contribution in [1.29, 1.82) is 0 Å². The van der Waals surface area contributed by atoms with Crippen molar-refractivity contribution < 1.29 is 14.5 Å². The number of nitrogens with one attached hydrogen (secondary N) is 1. The second-order valence-corrected chi connectivity index (χ2v) is 7.98. The van der Waals surface area contributed by atoms with E-state index in [1.807, 2.05) is 67.7 Å². The Morgan fingerprint density at radius 1 is 0.906 bits per heavy atom. The molecule has 0 aliphatic rings. The molecule has 166 valence electrons. The summed E-state index contributed by atoms with van der Waals surface area (Å²) < 4.78 is 10.5. The number of likely N-dealkylation sites (N-methyl/N-ethyl adjacent to an activating group) is 1. The zero-order chi connectivity index (χ0) is 22.2. The summed E-state index contributed by atoms with van der Waals surface area (Å²) in [7, 11) is 2.00. The van der Waals surface area contributed by atoms with Gasteiger partial charge in [-0.15, -0.1) is 0 Å². The van der Waals surface area contributed by atoms with Crippen LogP contribution in [0, 0.1) is 0 Å². The molecular weight excluding hydrogens is 404 g/mol. The van der Waals surface area contributed by atoms with Gasteiger partial charge in [0, 0.05) is 26.2 Å². The molecule has 1 heterocycles. The quantitative estimate of drug-likeness (QED) is 0.376. The Hall–Kier alpha value is -3.26. The summed E-state index contributed by atoms with van der Waals surface area (Å²) in [5.74, 6) is 0.752. The van der Waals surface area contributed by atoms with E-state index in [1.54, 1.807) is 0 Å². The van der Waals surface area contributed by atoms with Gasteiger partial charge >= 0.3 is 0 Å². The lowest BCUT2D eigenvalue weighted by Gasteiger charge is -2.21. The van der Waals surface area contributed by atoms with Gasteiger partial charge in [0.15, 0.2) is 0 Å². The minimum Gasteiger partial charge on any atom is -0.491 e. The molecule has 0 bridgehead atoms. The molecule has 4 rings (SSSR count). The third-order valence-corrected chi connectivity index (χ3v) is 5.16. The van der Waals surface area contributed by atoms with E-state index in [1.165, 1.54) is 5.56 Å². The summed E-state index contributed by atoms with van der Waals surface area (Å²) in [5, 5.41) is 21.4. The molecule has 7 heteroatoms. The second-order valence-electron chi connectivity index (χ2n) is 7.98. The summed E-state index contributed by atoms with van der Waals surface area (Å²) in [6.45, 7) is 3.07. The summed E-state index contributed by atoms with van der Waals surface area (Å²) in [5.41, 5.74) is 5.03. The Balaban J connectivity index is 1.17. The summed E-state index contributed by atoms with van der Waals surface area (Å²) in [6.07, 6.45) is -0.553. The van der Waals surface area contributed by atoms with Crippen molar-refractivity contribution >= 4 is 11.0 Å². The maximum Gasteiger partial charge on any atom is 0.135 e. The molecule has 0 aliphatic heterocycles. The van der Waals surface area contributed by atoms with Crippen LogP contribution in [-0.4, -0.2) is 46.6 Å². The number of aliphatic hydroxyl groups is 1. The lowest BCUT2D eigenvalue weighted by molar-refractivity contribution is 0.0744. The zero-order valence-corrected chi connectivity index (χ0v) is 18.1. The van der Waals surface area contributed by atoms with E-state index in [9.17, 15) is 5.11 Å². The molecule has 0 saturated heterocycles. The molecule has 2 N–H and O–H groups in total. The van der Waals surface area contributed by atoms with Crippen LogP contribution < -0.4 is 10.1 Å². The Kier molecular flexibility index (Phi) is 7.45. The normalized spacial score (nSPS) is 12.3. The van der Waals surface area contributed by atoms with Crippen LogP contribution in [0.25, 0.3) is 11.0 Å². The lowest BCUT2D eigenvalue weighted by Crippen LogP contribution is -2.32. The maximum atomic E-state index is 10.3. The van der Waals surface area contributed by atoms with Crippen molar-refractivity contribution in [3.8, 4) is 5.75 Å². The van der Waals surface area contributed by atoms with Gasteiger partial charge in [0.2, 0.25) is 0 Å². The molecule has 4 aromatic rings. The molecule has 32 heavy (non-hydrogen) atoms. The highest BCUT2D eigenvalue weighted by Gasteiger charge is 2.10. The van der Waals surface area contributed by atoms with Crippen molar-refractivity contribution in [2.45, 2.75) is 25.7 Å². The molecule has 7 nitrogen and oxygen atoms in total. The van der Waals surface area contributed by atoms with Crippen LogP contribution in [0.15, 0.2) is 77.4 Å². The van der Waals surface area contributed by atoms with E-state index in [-0.39, 0.29) is 6.61 Å². The van der Waals surface area contributed by atoms with Gasteiger partial charge in [-0.1, -0.05) is 48.5 Å². The minimum absolute atomic E-state index is 0.260. The maximum absolute atomic E-state index is 10.3. The van der Waals surface area contributed by atoms with Crippen molar-refractivity contribution in [1.82, 2.24) is 20.5 Å². The van der Waals surface area contributed by atoms with Crippen molar-refractivity contribution in [3.05, 3.63) is 89.5 Å². The fraction of sp³-hybridized carbons (Fsp3) is 0.280. The van der Waals surface area contributed by atoms with E-state index < -0.39 is 6.10 Å². The third kappa shape index (κ3) is 6.37. The molecular formula is C25H28N4O3. The van der Waals surface area contributed by atoms with Gasteiger partial charge in [-0.25, -0.2) is 4.63 Å². The van der Waals surface area contributed by atoms with Crippen LogP contribution in [-0.2, 0) is 19.6 Å². The topological polar surface area (TPSA) is 83.7 Å². The first-order valence-corrected chi connectivity index (χ1v) is 10.7. The highest BCUT2D eigenvalue weighted by Crippen LogP contribution is 2.14. The molecule has 1 atom stereocenters. The number of aromatic nitrogens is 2. The second kappa shape index (κ2) is 10.9. The molecule has 0 saturated carbocycles. The molecule has 0 amide bonds. The first-order chi connectivity index (χ1) is 15.7. The number of benzene rings is 3. The van der Waals surface area contributed by atoms with Gasteiger partial charge in [-0.3, -0.25) is 4.90 Å². The van der Waals surface area contributed by atoms with Crippen LogP contribution >= 0.6 is 0 Å². The molecule has 0 aliphatic carbocycles. The van der Waals surface area contributed by atoms with Gasteiger partial charge in [-0.05, 0) is 58.3 Å². The number of nitrogens with zero attached hydrogens (tertiary/aromatic N) is 3. The first-order valence-electron chi connectivity index (χ1n) is 10.7.